The number of fused-ring (bicyclic) bond motifs is 1. The highest BCUT2D eigenvalue weighted by molar-refractivity contribution is 5.70. The van der Waals surface area contributed by atoms with Crippen molar-refractivity contribution in [1.29, 1.82) is 0 Å². The number of carbonyl (C=O) groups is 1. The second kappa shape index (κ2) is 5.13. The molecule has 0 unspecified atom stereocenters. The smallest absolute Gasteiger partial charge is 0.158 e. The first-order valence-corrected chi connectivity index (χ1v) is 6.96. The molecule has 4 heteroatoms. The van der Waals surface area contributed by atoms with E-state index in [2.05, 4.69) is 36.2 Å². The third kappa shape index (κ3) is 2.23. The van der Waals surface area contributed by atoms with Crippen molar-refractivity contribution < 1.29 is 4.79 Å². The van der Waals surface area contributed by atoms with Crippen LogP contribution >= 0.6 is 0 Å². The van der Waals surface area contributed by atoms with E-state index in [0.717, 1.165) is 40.0 Å². The number of aromatic nitrogens is 3. The van der Waals surface area contributed by atoms with Gasteiger partial charge in [0, 0.05) is 29.4 Å². The Bertz CT molecular complexity index is 816. The number of benzene rings is 1. The third-order valence-electron chi connectivity index (χ3n) is 3.84. The van der Waals surface area contributed by atoms with Gasteiger partial charge in [-0.25, -0.2) is 9.50 Å². The number of aldehydes is 1. The van der Waals surface area contributed by atoms with E-state index in [-0.39, 0.29) is 0 Å². The van der Waals surface area contributed by atoms with E-state index in [4.69, 9.17) is 5.10 Å². The van der Waals surface area contributed by atoms with Crippen LogP contribution in [-0.2, 0) is 11.2 Å². The summed E-state index contributed by atoms with van der Waals surface area (Å²) in [6, 6.07) is 8.31. The number of nitrogens with zero attached hydrogens (tertiary/aromatic N) is 3. The molecule has 4 nitrogen and oxygen atoms in total. The molecule has 0 saturated heterocycles. The van der Waals surface area contributed by atoms with Gasteiger partial charge < -0.3 is 4.79 Å². The lowest BCUT2D eigenvalue weighted by molar-refractivity contribution is -0.107. The Kier molecular flexibility index (Phi) is 3.29. The molecule has 0 bridgehead atoms. The lowest BCUT2D eigenvalue weighted by Crippen LogP contribution is -2.02. The van der Waals surface area contributed by atoms with Crippen molar-refractivity contribution in [3.63, 3.8) is 0 Å². The van der Waals surface area contributed by atoms with Crippen LogP contribution in [0.2, 0.25) is 0 Å². The summed E-state index contributed by atoms with van der Waals surface area (Å²) in [5.41, 5.74) is 7.03. The van der Waals surface area contributed by atoms with Crippen LogP contribution in [0.4, 0.5) is 0 Å². The van der Waals surface area contributed by atoms with Gasteiger partial charge >= 0.3 is 0 Å². The Balaban J connectivity index is 2.21. The molecule has 0 N–H and O–H groups in total. The van der Waals surface area contributed by atoms with Crippen LogP contribution in [0, 0.1) is 20.8 Å². The van der Waals surface area contributed by atoms with Crippen LogP contribution in [0.25, 0.3) is 16.9 Å². The van der Waals surface area contributed by atoms with E-state index in [1.165, 1.54) is 5.56 Å². The number of hydrogen-bond donors (Lipinski definition) is 0. The van der Waals surface area contributed by atoms with Crippen molar-refractivity contribution in [1.82, 2.24) is 14.6 Å². The molecular formula is C17H17N3O. The quantitative estimate of drug-likeness (QED) is 0.692. The van der Waals surface area contributed by atoms with Gasteiger partial charge in [0.25, 0.3) is 0 Å². The zero-order chi connectivity index (χ0) is 15.0. The van der Waals surface area contributed by atoms with Crippen molar-refractivity contribution in [3.8, 4) is 11.3 Å². The molecule has 2 heterocycles. The van der Waals surface area contributed by atoms with E-state index in [1.54, 1.807) is 6.20 Å². The maximum atomic E-state index is 10.7. The Morgan fingerprint density at radius 3 is 2.52 bits per heavy atom. The largest absolute Gasteiger partial charge is 0.303 e. The average Bonchev–Trinajstić information content (AvgIpc) is 2.81. The van der Waals surface area contributed by atoms with Gasteiger partial charge in [-0.3, -0.25) is 0 Å². The maximum Gasteiger partial charge on any atom is 0.158 e. The topological polar surface area (TPSA) is 47.3 Å². The molecule has 3 aromatic rings. The summed E-state index contributed by atoms with van der Waals surface area (Å²) in [5, 5.41) is 4.69. The molecule has 0 atom stereocenters. The monoisotopic (exact) mass is 279 g/mol. The summed E-state index contributed by atoms with van der Waals surface area (Å²) in [4.78, 5) is 15.2. The minimum absolute atomic E-state index is 0.369. The van der Waals surface area contributed by atoms with Gasteiger partial charge in [0.15, 0.2) is 5.65 Å². The number of hydrogen-bond acceptors (Lipinski definition) is 3. The van der Waals surface area contributed by atoms with E-state index in [0.29, 0.717) is 6.42 Å². The van der Waals surface area contributed by atoms with Crippen LogP contribution in [0.3, 0.4) is 0 Å². The average molecular weight is 279 g/mol. The summed E-state index contributed by atoms with van der Waals surface area (Å²) in [6.45, 7) is 6.07. The lowest BCUT2D eigenvalue weighted by atomic mass is 10.1. The molecule has 106 valence electrons. The van der Waals surface area contributed by atoms with Crippen molar-refractivity contribution in [2.24, 2.45) is 0 Å². The van der Waals surface area contributed by atoms with Crippen LogP contribution in [0.15, 0.2) is 30.5 Å². The van der Waals surface area contributed by atoms with Crippen molar-refractivity contribution >= 4 is 11.9 Å². The standard InChI is InChI=1S/C17H17N3O/c1-11-4-6-14(7-5-11)16-12(2)17-18-10-15(8-9-21)13(3)20(17)19-16/h4-7,9-10H,8H2,1-3H3. The fourth-order valence-electron chi connectivity index (χ4n) is 2.52. The van der Waals surface area contributed by atoms with E-state index < -0.39 is 0 Å². The van der Waals surface area contributed by atoms with Crippen LogP contribution in [0.1, 0.15) is 22.4 Å². The van der Waals surface area contributed by atoms with Crippen molar-refractivity contribution in [3.05, 3.63) is 52.8 Å². The summed E-state index contributed by atoms with van der Waals surface area (Å²) >= 11 is 0. The normalized spacial score (nSPS) is 11.0. The Hall–Kier alpha value is -2.49. The van der Waals surface area contributed by atoms with Gasteiger partial charge in [0.2, 0.25) is 0 Å². The van der Waals surface area contributed by atoms with Gasteiger partial charge in [-0.15, -0.1) is 0 Å². The van der Waals surface area contributed by atoms with Crippen molar-refractivity contribution in [2.75, 3.05) is 0 Å². The van der Waals surface area contributed by atoms with E-state index in [9.17, 15) is 4.79 Å². The zero-order valence-electron chi connectivity index (χ0n) is 12.4. The predicted molar refractivity (Wildman–Crippen MR) is 82.4 cm³/mol. The Labute approximate surface area is 123 Å². The third-order valence-corrected chi connectivity index (χ3v) is 3.84. The first-order chi connectivity index (χ1) is 10.1. The highest BCUT2D eigenvalue weighted by Crippen LogP contribution is 2.26. The lowest BCUT2D eigenvalue weighted by Gasteiger charge is -2.03. The molecule has 0 spiro atoms. The minimum atomic E-state index is 0.369. The molecule has 2 aromatic heterocycles. The SMILES string of the molecule is Cc1ccc(-c2nn3c(C)c(CC=O)cnc3c2C)cc1. The highest BCUT2D eigenvalue weighted by Gasteiger charge is 2.14. The van der Waals surface area contributed by atoms with Gasteiger partial charge in [-0.2, -0.15) is 5.10 Å². The molecule has 1 aromatic carbocycles. The predicted octanol–water partition coefficient (Wildman–Crippen LogP) is 3.06. The molecule has 0 radical (unpaired) electrons. The number of aryl methyl sites for hydroxylation is 3. The molecule has 0 aliphatic carbocycles. The van der Waals surface area contributed by atoms with Crippen LogP contribution in [0.5, 0.6) is 0 Å². The highest BCUT2D eigenvalue weighted by atomic mass is 16.1. The first kappa shape index (κ1) is 13.5. The summed E-state index contributed by atoms with van der Waals surface area (Å²) in [7, 11) is 0. The fraction of sp³-hybridized carbons (Fsp3) is 0.235. The summed E-state index contributed by atoms with van der Waals surface area (Å²) in [6.07, 6.45) is 3.04. The number of rotatable bonds is 3. The Morgan fingerprint density at radius 1 is 1.14 bits per heavy atom. The molecule has 3 rings (SSSR count). The molecule has 0 aliphatic heterocycles. The maximum absolute atomic E-state index is 10.7. The summed E-state index contributed by atoms with van der Waals surface area (Å²) in [5.74, 6) is 0. The van der Waals surface area contributed by atoms with Crippen molar-refractivity contribution in [2.45, 2.75) is 27.2 Å². The number of carbonyl (C=O) groups excluding carboxylic acids is 1. The van der Waals surface area contributed by atoms with Gasteiger partial charge in [0.05, 0.1) is 5.69 Å². The molecule has 0 aliphatic rings. The van der Waals surface area contributed by atoms with Crippen LogP contribution in [-0.4, -0.2) is 20.9 Å². The molecule has 0 amide bonds. The Morgan fingerprint density at radius 2 is 1.86 bits per heavy atom. The molecule has 0 saturated carbocycles. The fourth-order valence-corrected chi connectivity index (χ4v) is 2.52. The molecular weight excluding hydrogens is 262 g/mol. The van der Waals surface area contributed by atoms with Gasteiger partial charge in [-0.05, 0) is 26.3 Å². The molecule has 0 fully saturated rings. The minimum Gasteiger partial charge on any atom is -0.303 e. The van der Waals surface area contributed by atoms with E-state index in [1.807, 2.05) is 18.4 Å². The molecule has 21 heavy (non-hydrogen) atoms. The van der Waals surface area contributed by atoms with Gasteiger partial charge in [-0.1, -0.05) is 29.8 Å². The van der Waals surface area contributed by atoms with Gasteiger partial charge in [0.1, 0.15) is 6.29 Å². The second-order valence-electron chi connectivity index (χ2n) is 5.31. The zero-order valence-corrected chi connectivity index (χ0v) is 12.4. The van der Waals surface area contributed by atoms with E-state index >= 15 is 0 Å². The second-order valence-corrected chi connectivity index (χ2v) is 5.31. The van der Waals surface area contributed by atoms with Crippen LogP contribution < -0.4 is 0 Å². The summed E-state index contributed by atoms with van der Waals surface area (Å²) < 4.78 is 1.84. The first-order valence-electron chi connectivity index (χ1n) is 6.96.